The topological polar surface area (TPSA) is 130 Å². The average Bonchev–Trinajstić information content (AvgIpc) is 2.85. The lowest BCUT2D eigenvalue weighted by atomic mass is 9.83. The van der Waals surface area contributed by atoms with Crippen LogP contribution in [0, 0.1) is 0 Å². The van der Waals surface area contributed by atoms with E-state index in [4.69, 9.17) is 5.73 Å². The number of carboxylic acids is 1. The molecule has 0 aliphatic carbocycles. The number of aliphatic carboxylic acids is 1. The number of benzene rings is 3. The third-order valence-corrected chi connectivity index (χ3v) is 8.45. The van der Waals surface area contributed by atoms with E-state index in [0.29, 0.717) is 5.56 Å². The third-order valence-electron chi connectivity index (χ3n) is 6.15. The van der Waals surface area contributed by atoms with Crippen LogP contribution < -0.4 is 11.1 Å². The van der Waals surface area contributed by atoms with Gasteiger partial charge in [0.25, 0.3) is 0 Å². The van der Waals surface area contributed by atoms with E-state index < -0.39 is 42.6 Å². The fourth-order valence-electron chi connectivity index (χ4n) is 4.04. The van der Waals surface area contributed by atoms with Gasteiger partial charge in [0.15, 0.2) is 0 Å². The van der Waals surface area contributed by atoms with Crippen LogP contribution in [0.3, 0.4) is 0 Å². The maximum atomic E-state index is 13.6. The summed E-state index contributed by atoms with van der Waals surface area (Å²) in [5, 5.41) is 12.4. The molecule has 3 aromatic carbocycles. The zero-order valence-corrected chi connectivity index (χ0v) is 21.7. The number of hydrogen-bond donors (Lipinski definition) is 4. The molecule has 0 heterocycles. The van der Waals surface area contributed by atoms with Crippen molar-refractivity contribution in [3.63, 3.8) is 0 Å². The molecule has 0 fully saturated rings. The molecule has 0 saturated heterocycles. The number of carbonyl (C=O) groups is 2. The minimum Gasteiger partial charge on any atom is -0.480 e. The van der Waals surface area contributed by atoms with Crippen molar-refractivity contribution < 1.29 is 24.2 Å². The van der Waals surface area contributed by atoms with Crippen molar-refractivity contribution in [2.45, 2.75) is 37.0 Å². The van der Waals surface area contributed by atoms with Crippen LogP contribution in [0.25, 0.3) is 0 Å². The zero-order valence-electron chi connectivity index (χ0n) is 20.0. The van der Waals surface area contributed by atoms with Gasteiger partial charge in [-0.25, -0.2) is 4.79 Å². The number of halogens is 1. The predicted octanol–water partition coefficient (Wildman–Crippen LogP) is 3.98. The molecular weight excluding hydrogens is 499 g/mol. The van der Waals surface area contributed by atoms with Crippen LogP contribution in [0.2, 0.25) is 0 Å². The molecule has 36 heavy (non-hydrogen) atoms. The number of nitrogens with one attached hydrogen (secondary N) is 1. The van der Waals surface area contributed by atoms with Gasteiger partial charge in [0.1, 0.15) is 6.04 Å². The Balaban J connectivity index is 0.00000456. The maximum Gasteiger partial charge on any atom is 0.326 e. The van der Waals surface area contributed by atoms with E-state index in [0.717, 1.165) is 11.1 Å². The fourth-order valence-corrected chi connectivity index (χ4v) is 6.00. The van der Waals surface area contributed by atoms with Crippen LogP contribution in [0.1, 0.15) is 23.6 Å². The molecule has 7 nitrogen and oxygen atoms in total. The number of carbonyl (C=O) groups excluding carboxylic acids is 1. The molecule has 4 atom stereocenters. The summed E-state index contributed by atoms with van der Waals surface area (Å²) in [4.78, 5) is 36.5. The molecule has 0 saturated carbocycles. The van der Waals surface area contributed by atoms with E-state index in [1.807, 2.05) is 36.4 Å². The summed E-state index contributed by atoms with van der Waals surface area (Å²) < 4.78 is 13.5. The van der Waals surface area contributed by atoms with Gasteiger partial charge in [-0.2, -0.15) is 0 Å². The molecule has 0 spiro atoms. The van der Waals surface area contributed by atoms with Crippen molar-refractivity contribution in [1.29, 1.82) is 0 Å². The van der Waals surface area contributed by atoms with Gasteiger partial charge in [-0.05, 0) is 30.0 Å². The summed E-state index contributed by atoms with van der Waals surface area (Å²) in [7, 11) is -4.05. The van der Waals surface area contributed by atoms with Crippen molar-refractivity contribution in [2.75, 3.05) is 6.16 Å². The van der Waals surface area contributed by atoms with Gasteiger partial charge in [0.05, 0.1) is 11.2 Å². The van der Waals surface area contributed by atoms with E-state index >= 15 is 0 Å². The number of carboxylic acid groups (broad SMARTS) is 1. The lowest BCUT2D eigenvalue weighted by molar-refractivity contribution is -0.142. The number of hydrogen-bond acceptors (Lipinski definition) is 4. The second-order valence-electron chi connectivity index (χ2n) is 8.92. The van der Waals surface area contributed by atoms with Gasteiger partial charge in [0, 0.05) is 12.6 Å². The van der Waals surface area contributed by atoms with Crippen LogP contribution in [0.5, 0.6) is 0 Å². The molecule has 3 rings (SSSR count). The predicted molar refractivity (Wildman–Crippen MR) is 144 cm³/mol. The Kier molecular flexibility index (Phi) is 10.4. The van der Waals surface area contributed by atoms with Crippen LogP contribution >= 0.6 is 19.8 Å². The highest BCUT2D eigenvalue weighted by atomic mass is 35.5. The molecule has 9 heteroatoms. The number of rotatable bonds is 11. The Morgan fingerprint density at radius 3 is 1.81 bits per heavy atom. The van der Waals surface area contributed by atoms with E-state index in [1.54, 1.807) is 61.5 Å². The highest BCUT2D eigenvalue weighted by Gasteiger charge is 2.44. The van der Waals surface area contributed by atoms with Crippen molar-refractivity contribution in [3.05, 3.63) is 108 Å². The Morgan fingerprint density at radius 2 is 1.33 bits per heavy atom. The number of amides is 1. The Morgan fingerprint density at radius 1 is 0.889 bits per heavy atom. The summed E-state index contributed by atoms with van der Waals surface area (Å²) in [5.41, 5.74) is 6.77. The monoisotopic (exact) mass is 530 g/mol. The van der Waals surface area contributed by atoms with Gasteiger partial charge < -0.3 is 21.1 Å². The highest BCUT2D eigenvalue weighted by Crippen LogP contribution is 2.50. The van der Waals surface area contributed by atoms with Gasteiger partial charge >= 0.3 is 5.97 Å². The first-order chi connectivity index (χ1) is 16.6. The molecule has 192 valence electrons. The first-order valence-corrected chi connectivity index (χ1v) is 13.3. The second kappa shape index (κ2) is 12.8. The molecule has 4 unspecified atom stereocenters. The van der Waals surface area contributed by atoms with Crippen molar-refractivity contribution in [3.8, 4) is 0 Å². The Labute approximate surface area is 217 Å². The fraction of sp³-hybridized carbons (Fsp3) is 0.259. The zero-order chi connectivity index (χ0) is 25.5. The smallest absolute Gasteiger partial charge is 0.326 e. The minimum atomic E-state index is -4.05. The molecule has 0 aliphatic heterocycles. The summed E-state index contributed by atoms with van der Waals surface area (Å²) in [5.74, 6) is -2.92. The van der Waals surface area contributed by atoms with Crippen molar-refractivity contribution in [1.82, 2.24) is 5.32 Å². The van der Waals surface area contributed by atoms with E-state index in [9.17, 15) is 24.2 Å². The molecule has 3 aromatic rings. The summed E-state index contributed by atoms with van der Waals surface area (Å²) in [6, 6.07) is 25.5. The Hall–Kier alpha value is -2.96. The van der Waals surface area contributed by atoms with Crippen LogP contribution in [0.15, 0.2) is 91.0 Å². The largest absolute Gasteiger partial charge is 0.480 e. The maximum absolute atomic E-state index is 13.6. The van der Waals surface area contributed by atoms with E-state index in [1.165, 1.54) is 0 Å². The quantitative estimate of drug-likeness (QED) is 0.277. The molecule has 1 amide bonds. The first kappa shape index (κ1) is 29.3. The molecule has 0 aliphatic rings. The standard InChI is InChI=1S/C27H31N2O5P.ClH/c1-27(22-15-9-4-10-16-22,19-35(33,34)24(28)18-21-13-7-3-8-14-21)26(32)29-23(25(30)31)17-20-11-5-2-6-12-20;/h2-16,23-24H,17-19,28H2,1H3,(H,29,32)(H,30,31)(H,33,34);1H. The molecule has 0 bridgehead atoms. The molecule has 0 aromatic heterocycles. The van der Waals surface area contributed by atoms with E-state index in [-0.39, 0.29) is 25.2 Å². The van der Waals surface area contributed by atoms with Gasteiger partial charge in [-0.1, -0.05) is 91.0 Å². The lowest BCUT2D eigenvalue weighted by Gasteiger charge is -2.33. The van der Waals surface area contributed by atoms with E-state index in [2.05, 4.69) is 5.32 Å². The van der Waals surface area contributed by atoms with Gasteiger partial charge in [-0.15, -0.1) is 12.4 Å². The molecule has 5 N–H and O–H groups in total. The van der Waals surface area contributed by atoms with Crippen molar-refractivity contribution >= 4 is 31.7 Å². The molecule has 0 radical (unpaired) electrons. The summed E-state index contributed by atoms with van der Waals surface area (Å²) in [6.07, 6.45) is -0.175. The van der Waals surface area contributed by atoms with Gasteiger partial charge in [0.2, 0.25) is 13.3 Å². The summed E-state index contributed by atoms with van der Waals surface area (Å²) >= 11 is 0. The van der Waals surface area contributed by atoms with Crippen LogP contribution in [-0.4, -0.2) is 39.9 Å². The number of nitrogens with two attached hydrogens (primary N) is 1. The molecular formula is C27H32ClN2O5P. The Bertz CT molecular complexity index is 1180. The van der Waals surface area contributed by atoms with Crippen LogP contribution in [0.4, 0.5) is 0 Å². The van der Waals surface area contributed by atoms with Gasteiger partial charge in [-0.3, -0.25) is 9.36 Å². The minimum absolute atomic E-state index is 0. The highest BCUT2D eigenvalue weighted by molar-refractivity contribution is 7.58. The van der Waals surface area contributed by atoms with Crippen LogP contribution in [-0.2, 0) is 32.4 Å². The summed E-state index contributed by atoms with van der Waals surface area (Å²) in [6.45, 7) is 1.55. The lowest BCUT2D eigenvalue weighted by Crippen LogP contribution is -2.52. The SMILES string of the molecule is CC(CP(=O)(O)C(N)Cc1ccccc1)(C(=O)NC(Cc1ccccc1)C(=O)O)c1ccccc1.Cl. The average molecular weight is 531 g/mol. The second-order valence-corrected chi connectivity index (χ2v) is 11.4. The normalized spacial score (nSPS) is 15.9. The third kappa shape index (κ3) is 7.52. The van der Waals surface area contributed by atoms with Crippen molar-refractivity contribution in [2.24, 2.45) is 5.73 Å². The first-order valence-electron chi connectivity index (χ1n) is 11.4.